The summed E-state index contributed by atoms with van der Waals surface area (Å²) in [7, 11) is 0. The summed E-state index contributed by atoms with van der Waals surface area (Å²) in [5, 5.41) is 4.17. The van der Waals surface area contributed by atoms with Gasteiger partial charge in [0.05, 0.1) is 24.5 Å². The van der Waals surface area contributed by atoms with Crippen molar-refractivity contribution in [1.29, 1.82) is 0 Å². The van der Waals surface area contributed by atoms with Crippen LogP contribution in [0.5, 0.6) is 0 Å². The number of rotatable bonds is 5. The van der Waals surface area contributed by atoms with Gasteiger partial charge in [0.2, 0.25) is 0 Å². The first-order chi connectivity index (χ1) is 12.7. The van der Waals surface area contributed by atoms with E-state index in [1.807, 2.05) is 30.5 Å². The van der Waals surface area contributed by atoms with Gasteiger partial charge in [-0.15, -0.1) is 0 Å². The van der Waals surface area contributed by atoms with Crippen LogP contribution < -0.4 is 5.32 Å². The minimum Gasteiger partial charge on any atom is -0.367 e. The van der Waals surface area contributed by atoms with Crippen molar-refractivity contribution in [3.8, 4) is 11.3 Å². The Morgan fingerprint density at radius 1 is 1.15 bits per heavy atom. The molecule has 4 rings (SSSR count). The van der Waals surface area contributed by atoms with Crippen molar-refractivity contribution < 1.29 is 9.13 Å². The Balaban J connectivity index is 1.40. The molecular formula is C20H19ClFN3O. The Bertz CT molecular complexity index is 877. The highest BCUT2D eigenvalue weighted by molar-refractivity contribution is 6.30. The summed E-state index contributed by atoms with van der Waals surface area (Å²) in [6, 6.07) is 14.3. The molecule has 0 aliphatic carbocycles. The van der Waals surface area contributed by atoms with Crippen molar-refractivity contribution in [2.75, 3.05) is 6.54 Å². The maximum atomic E-state index is 13.2. The van der Waals surface area contributed by atoms with Gasteiger partial charge in [-0.3, -0.25) is 0 Å². The first-order valence-corrected chi connectivity index (χ1v) is 8.94. The van der Waals surface area contributed by atoms with E-state index in [9.17, 15) is 4.39 Å². The molecule has 1 N–H and O–H groups in total. The van der Waals surface area contributed by atoms with E-state index in [-0.39, 0.29) is 11.9 Å². The number of imidazole rings is 1. The number of nitrogens with one attached hydrogen (secondary N) is 1. The monoisotopic (exact) mass is 371 g/mol. The summed E-state index contributed by atoms with van der Waals surface area (Å²) in [5.41, 5.74) is 3.13. The number of benzene rings is 2. The van der Waals surface area contributed by atoms with E-state index in [0.717, 1.165) is 41.7 Å². The van der Waals surface area contributed by atoms with Crippen molar-refractivity contribution in [3.63, 3.8) is 0 Å². The maximum Gasteiger partial charge on any atom is 0.135 e. The van der Waals surface area contributed by atoms with E-state index in [1.54, 1.807) is 12.1 Å². The Hall–Kier alpha value is -2.21. The third kappa shape index (κ3) is 3.80. The molecule has 0 amide bonds. The predicted molar refractivity (Wildman–Crippen MR) is 99.4 cm³/mol. The second-order valence-corrected chi connectivity index (χ2v) is 6.80. The highest BCUT2D eigenvalue weighted by Crippen LogP contribution is 2.25. The summed E-state index contributed by atoms with van der Waals surface area (Å²) >= 11 is 5.91. The van der Waals surface area contributed by atoms with Crippen molar-refractivity contribution in [3.05, 3.63) is 77.0 Å². The largest absolute Gasteiger partial charge is 0.367 e. The first kappa shape index (κ1) is 17.2. The average Bonchev–Trinajstić information content (AvgIpc) is 3.07. The second kappa shape index (κ2) is 7.58. The van der Waals surface area contributed by atoms with Gasteiger partial charge in [-0.1, -0.05) is 23.7 Å². The van der Waals surface area contributed by atoms with Gasteiger partial charge >= 0.3 is 0 Å². The minimum absolute atomic E-state index is 0.0585. The quantitative estimate of drug-likeness (QED) is 0.736. The highest BCUT2D eigenvalue weighted by Gasteiger charge is 2.22. The predicted octanol–water partition coefficient (Wildman–Crippen LogP) is 4.03. The lowest BCUT2D eigenvalue weighted by atomic mass is 10.1. The van der Waals surface area contributed by atoms with Gasteiger partial charge in [-0.2, -0.15) is 0 Å². The smallest absolute Gasteiger partial charge is 0.135 e. The summed E-state index contributed by atoms with van der Waals surface area (Å²) in [4.78, 5) is 4.44. The molecule has 6 heteroatoms. The van der Waals surface area contributed by atoms with Gasteiger partial charge in [0.25, 0.3) is 0 Å². The number of halogens is 2. The van der Waals surface area contributed by atoms with E-state index in [4.69, 9.17) is 16.3 Å². The number of hydrogen-bond acceptors (Lipinski definition) is 3. The fourth-order valence-electron chi connectivity index (χ4n) is 3.14. The zero-order valence-corrected chi connectivity index (χ0v) is 14.9. The minimum atomic E-state index is -0.236. The molecule has 2 heterocycles. The standard InChI is InChI=1S/C20H19ClFN3O/c21-16-5-1-14(2-6-16)9-23-10-18-12-25-19(11-24-20(25)13-26-18)15-3-7-17(22)8-4-15/h1-8,11,18,23H,9-10,12-13H2/t18-/m0/s1. The molecule has 2 aromatic carbocycles. The molecule has 0 spiro atoms. The maximum absolute atomic E-state index is 13.2. The normalized spacial score (nSPS) is 16.5. The SMILES string of the molecule is Fc1ccc(-c2cnc3n2C[C@H](CNCc2ccc(Cl)cc2)OC3)cc1. The Morgan fingerprint density at radius 2 is 1.92 bits per heavy atom. The van der Waals surface area contributed by atoms with Crippen LogP contribution in [0.1, 0.15) is 11.4 Å². The van der Waals surface area contributed by atoms with Crippen molar-refractivity contribution in [2.45, 2.75) is 25.8 Å². The molecule has 0 bridgehead atoms. The van der Waals surface area contributed by atoms with Crippen LogP contribution in [0, 0.1) is 5.82 Å². The van der Waals surface area contributed by atoms with Crippen LogP contribution in [0.15, 0.2) is 54.7 Å². The van der Waals surface area contributed by atoms with Crippen molar-refractivity contribution in [1.82, 2.24) is 14.9 Å². The molecule has 0 fully saturated rings. The first-order valence-electron chi connectivity index (χ1n) is 8.56. The van der Waals surface area contributed by atoms with E-state index in [1.165, 1.54) is 17.7 Å². The van der Waals surface area contributed by atoms with Crippen LogP contribution >= 0.6 is 11.6 Å². The molecule has 4 nitrogen and oxygen atoms in total. The van der Waals surface area contributed by atoms with E-state index in [0.29, 0.717) is 6.61 Å². The summed E-state index contributed by atoms with van der Waals surface area (Å²) < 4.78 is 21.2. The third-order valence-corrected chi connectivity index (χ3v) is 4.78. The zero-order chi connectivity index (χ0) is 17.9. The second-order valence-electron chi connectivity index (χ2n) is 6.37. The van der Waals surface area contributed by atoms with Crippen molar-refractivity contribution >= 4 is 11.6 Å². The summed E-state index contributed by atoms with van der Waals surface area (Å²) in [5.74, 6) is 0.665. The molecular weight excluding hydrogens is 353 g/mol. The lowest BCUT2D eigenvalue weighted by molar-refractivity contribution is 0.00326. The van der Waals surface area contributed by atoms with Gasteiger partial charge < -0.3 is 14.6 Å². The van der Waals surface area contributed by atoms with E-state index < -0.39 is 0 Å². The lowest BCUT2D eigenvalue weighted by Gasteiger charge is -2.26. The van der Waals surface area contributed by atoms with Crippen LogP contribution in [0.25, 0.3) is 11.3 Å². The Kier molecular flexibility index (Phi) is 5.02. The number of hydrogen-bond donors (Lipinski definition) is 1. The van der Waals surface area contributed by atoms with E-state index in [2.05, 4.69) is 14.9 Å². The molecule has 134 valence electrons. The molecule has 0 unspecified atom stereocenters. The van der Waals surface area contributed by atoms with Gasteiger partial charge in [0.15, 0.2) is 0 Å². The molecule has 0 saturated carbocycles. The molecule has 1 aromatic heterocycles. The van der Waals surface area contributed by atoms with Crippen LogP contribution in [0.2, 0.25) is 5.02 Å². The lowest BCUT2D eigenvalue weighted by Crippen LogP contribution is -2.36. The van der Waals surface area contributed by atoms with E-state index >= 15 is 0 Å². The zero-order valence-electron chi connectivity index (χ0n) is 14.2. The highest BCUT2D eigenvalue weighted by atomic mass is 35.5. The van der Waals surface area contributed by atoms with Gasteiger partial charge in [0, 0.05) is 18.1 Å². The van der Waals surface area contributed by atoms with Crippen molar-refractivity contribution in [2.24, 2.45) is 0 Å². The van der Waals surface area contributed by atoms with Gasteiger partial charge in [-0.25, -0.2) is 9.37 Å². The fraction of sp³-hybridized carbons (Fsp3) is 0.250. The van der Waals surface area contributed by atoms with Gasteiger partial charge in [-0.05, 0) is 47.5 Å². The topological polar surface area (TPSA) is 39.1 Å². The van der Waals surface area contributed by atoms with Crippen LogP contribution in [0.4, 0.5) is 4.39 Å². The molecule has 0 saturated heterocycles. The number of nitrogens with zero attached hydrogens (tertiary/aromatic N) is 2. The Morgan fingerprint density at radius 3 is 2.69 bits per heavy atom. The van der Waals surface area contributed by atoms with Crippen LogP contribution in [-0.2, 0) is 24.4 Å². The van der Waals surface area contributed by atoms with Crippen LogP contribution in [-0.4, -0.2) is 22.2 Å². The fourth-order valence-corrected chi connectivity index (χ4v) is 3.26. The average molecular weight is 372 g/mol. The number of aromatic nitrogens is 2. The van der Waals surface area contributed by atoms with Crippen LogP contribution in [0.3, 0.4) is 0 Å². The molecule has 0 radical (unpaired) electrons. The third-order valence-electron chi connectivity index (χ3n) is 4.53. The Labute approximate surface area is 156 Å². The molecule has 1 aliphatic heterocycles. The molecule has 1 atom stereocenters. The number of ether oxygens (including phenoxy) is 1. The number of fused-ring (bicyclic) bond motifs is 1. The summed E-state index contributed by atoms with van der Waals surface area (Å²) in [6.07, 6.45) is 1.89. The molecule has 3 aromatic rings. The van der Waals surface area contributed by atoms with Gasteiger partial charge in [0.1, 0.15) is 18.2 Å². The molecule has 26 heavy (non-hydrogen) atoms. The summed E-state index contributed by atoms with van der Waals surface area (Å²) in [6.45, 7) is 2.70. The molecule has 1 aliphatic rings.